The maximum absolute atomic E-state index is 11.4. The molecular formula is C16H15NO5. The van der Waals surface area contributed by atoms with E-state index in [-0.39, 0.29) is 34.1 Å². The smallest absolute Gasteiger partial charge is 0.333 e. The van der Waals surface area contributed by atoms with Crippen LogP contribution in [0.4, 0.5) is 0 Å². The molecule has 2 aromatic rings. The fourth-order valence-corrected chi connectivity index (χ4v) is 2.05. The first-order valence-electron chi connectivity index (χ1n) is 6.47. The molecule has 114 valence electrons. The molecule has 2 aromatic carbocycles. The van der Waals surface area contributed by atoms with Crippen molar-refractivity contribution in [3.8, 4) is 17.2 Å². The molecule has 1 unspecified atom stereocenters. The minimum absolute atomic E-state index is 0.0724. The third-order valence-electron chi connectivity index (χ3n) is 3.16. The molecule has 4 N–H and O–H groups in total. The van der Waals surface area contributed by atoms with Gasteiger partial charge in [-0.2, -0.15) is 0 Å². The number of aliphatic carboxylic acids is 1. The maximum Gasteiger partial charge on any atom is 0.333 e. The summed E-state index contributed by atoms with van der Waals surface area (Å²) >= 11 is 0. The molecule has 6 heteroatoms. The minimum atomic E-state index is -1.32. The second-order valence-electron chi connectivity index (χ2n) is 4.72. The van der Waals surface area contributed by atoms with E-state index in [0.717, 1.165) is 0 Å². The Morgan fingerprint density at radius 1 is 1.05 bits per heavy atom. The summed E-state index contributed by atoms with van der Waals surface area (Å²) in [5.41, 5.74) is 0.597. The second-order valence-corrected chi connectivity index (χ2v) is 4.72. The highest BCUT2D eigenvalue weighted by Gasteiger charge is 2.22. The number of aromatic hydroxyl groups is 3. The van der Waals surface area contributed by atoms with Gasteiger partial charge in [-0.25, -0.2) is 4.79 Å². The molecule has 0 heterocycles. The van der Waals surface area contributed by atoms with Crippen LogP contribution in [0.5, 0.6) is 17.2 Å². The molecule has 0 aliphatic rings. The summed E-state index contributed by atoms with van der Waals surface area (Å²) in [5, 5.41) is 38.4. The lowest BCUT2D eigenvalue weighted by molar-refractivity contribution is -0.138. The fourth-order valence-electron chi connectivity index (χ4n) is 2.05. The third-order valence-corrected chi connectivity index (χ3v) is 3.16. The lowest BCUT2D eigenvalue weighted by Gasteiger charge is -2.12. The van der Waals surface area contributed by atoms with Crippen molar-refractivity contribution in [1.29, 1.82) is 0 Å². The van der Waals surface area contributed by atoms with Crippen molar-refractivity contribution in [1.82, 2.24) is 0 Å². The van der Waals surface area contributed by atoms with Crippen molar-refractivity contribution in [2.75, 3.05) is 0 Å². The molecule has 0 aliphatic carbocycles. The summed E-state index contributed by atoms with van der Waals surface area (Å²) in [5.74, 6) is -1.61. The van der Waals surface area contributed by atoms with Gasteiger partial charge in [0.2, 0.25) is 0 Å². The summed E-state index contributed by atoms with van der Waals surface area (Å²) in [6.07, 6.45) is 0. The molecule has 0 radical (unpaired) electrons. The number of aliphatic imine (C=N–C) groups is 1. The molecule has 6 nitrogen and oxygen atoms in total. The molecule has 0 spiro atoms. The first-order valence-corrected chi connectivity index (χ1v) is 6.47. The van der Waals surface area contributed by atoms with E-state index >= 15 is 0 Å². The normalized spacial score (nSPS) is 12.9. The van der Waals surface area contributed by atoms with Gasteiger partial charge in [0.25, 0.3) is 0 Å². The van der Waals surface area contributed by atoms with Gasteiger partial charge in [0.05, 0.1) is 0 Å². The number of carboxylic acids is 1. The first kappa shape index (κ1) is 15.4. The van der Waals surface area contributed by atoms with Gasteiger partial charge in [-0.3, -0.25) is 4.99 Å². The van der Waals surface area contributed by atoms with Crippen LogP contribution in [-0.4, -0.2) is 32.1 Å². The van der Waals surface area contributed by atoms with Crippen LogP contribution in [0.15, 0.2) is 47.5 Å². The van der Waals surface area contributed by atoms with Crippen LogP contribution in [-0.2, 0) is 4.79 Å². The van der Waals surface area contributed by atoms with Crippen molar-refractivity contribution >= 4 is 11.7 Å². The van der Waals surface area contributed by atoms with Crippen molar-refractivity contribution in [3.63, 3.8) is 0 Å². The second kappa shape index (κ2) is 6.17. The number of nitrogens with zero attached hydrogens (tertiary/aromatic N) is 1. The van der Waals surface area contributed by atoms with Crippen LogP contribution >= 0.6 is 0 Å². The SMILES string of the molecule is C/C(=N\C(C(=O)O)c1ccccc1O)c1cc(O)ccc1O. The van der Waals surface area contributed by atoms with Crippen LogP contribution < -0.4 is 0 Å². The van der Waals surface area contributed by atoms with Gasteiger partial charge < -0.3 is 20.4 Å². The van der Waals surface area contributed by atoms with E-state index in [0.29, 0.717) is 0 Å². The Hall–Kier alpha value is -3.02. The highest BCUT2D eigenvalue weighted by molar-refractivity contribution is 6.02. The number of carbonyl (C=O) groups is 1. The number of phenolic OH excluding ortho intramolecular Hbond substituents is 3. The van der Waals surface area contributed by atoms with Crippen LogP contribution in [0.2, 0.25) is 0 Å². The molecule has 0 saturated heterocycles. The largest absolute Gasteiger partial charge is 0.508 e. The molecule has 22 heavy (non-hydrogen) atoms. The summed E-state index contributed by atoms with van der Waals surface area (Å²) < 4.78 is 0. The molecule has 0 fully saturated rings. The Balaban J connectivity index is 2.49. The van der Waals surface area contributed by atoms with Crippen molar-refractivity contribution in [2.45, 2.75) is 13.0 Å². The van der Waals surface area contributed by atoms with Crippen molar-refractivity contribution < 1.29 is 25.2 Å². The number of benzene rings is 2. The van der Waals surface area contributed by atoms with Crippen molar-refractivity contribution in [2.24, 2.45) is 4.99 Å². The average Bonchev–Trinajstić information content (AvgIpc) is 2.47. The Bertz CT molecular complexity index is 739. The van der Waals surface area contributed by atoms with E-state index in [1.54, 1.807) is 12.1 Å². The number of phenols is 3. The summed E-state index contributed by atoms with van der Waals surface area (Å²) in [7, 11) is 0. The van der Waals surface area contributed by atoms with E-state index in [9.17, 15) is 25.2 Å². The van der Waals surface area contributed by atoms with Crippen molar-refractivity contribution in [3.05, 3.63) is 53.6 Å². The Morgan fingerprint density at radius 3 is 2.36 bits per heavy atom. The standard InChI is InChI=1S/C16H15NO5/c1-9(12-8-10(18)6-7-14(12)20)17-15(16(21)22)11-4-2-3-5-13(11)19/h2-8,15,18-20H,1H3,(H,21,22)/b17-9+. The maximum atomic E-state index is 11.4. The lowest BCUT2D eigenvalue weighted by atomic mass is 10.0. The Kier molecular flexibility index (Phi) is 4.31. The Morgan fingerprint density at radius 2 is 1.73 bits per heavy atom. The predicted molar refractivity (Wildman–Crippen MR) is 80.5 cm³/mol. The zero-order valence-corrected chi connectivity index (χ0v) is 11.8. The van der Waals surface area contributed by atoms with E-state index in [2.05, 4.69) is 4.99 Å². The summed E-state index contributed by atoms with van der Waals surface area (Å²) in [6, 6.07) is 8.59. The predicted octanol–water partition coefficient (Wildman–Crippen LogP) is 2.44. The number of rotatable bonds is 4. The van der Waals surface area contributed by atoms with Crippen LogP contribution in [0.3, 0.4) is 0 Å². The highest BCUT2D eigenvalue weighted by Crippen LogP contribution is 2.29. The average molecular weight is 301 g/mol. The van der Waals surface area contributed by atoms with Gasteiger partial charge >= 0.3 is 5.97 Å². The van der Waals surface area contributed by atoms with E-state index in [4.69, 9.17) is 0 Å². The van der Waals surface area contributed by atoms with Crippen LogP contribution in [0.25, 0.3) is 0 Å². The third kappa shape index (κ3) is 3.17. The van der Waals surface area contributed by atoms with Gasteiger partial charge in [0.15, 0.2) is 6.04 Å². The van der Waals surface area contributed by atoms with Gasteiger partial charge in [0.1, 0.15) is 17.2 Å². The first-order chi connectivity index (χ1) is 10.4. The quantitative estimate of drug-likeness (QED) is 0.512. The zero-order valence-electron chi connectivity index (χ0n) is 11.8. The van der Waals surface area contributed by atoms with Gasteiger partial charge in [-0.05, 0) is 31.2 Å². The molecule has 2 rings (SSSR count). The molecule has 0 bridgehead atoms. The molecule has 0 saturated carbocycles. The number of para-hydroxylation sites is 1. The lowest BCUT2D eigenvalue weighted by Crippen LogP contribution is -2.12. The van der Waals surface area contributed by atoms with Gasteiger partial charge in [0, 0.05) is 16.8 Å². The van der Waals surface area contributed by atoms with Gasteiger partial charge in [-0.15, -0.1) is 0 Å². The molecule has 0 aromatic heterocycles. The monoisotopic (exact) mass is 301 g/mol. The zero-order chi connectivity index (χ0) is 16.3. The van der Waals surface area contributed by atoms with E-state index in [1.165, 1.54) is 37.3 Å². The van der Waals surface area contributed by atoms with E-state index in [1.807, 2.05) is 0 Å². The van der Waals surface area contributed by atoms with E-state index < -0.39 is 12.0 Å². The molecular weight excluding hydrogens is 286 g/mol. The number of carboxylic acid groups (broad SMARTS) is 1. The topological polar surface area (TPSA) is 110 Å². The van der Waals surface area contributed by atoms with Gasteiger partial charge in [-0.1, -0.05) is 18.2 Å². The fraction of sp³-hybridized carbons (Fsp3) is 0.125. The summed E-state index contributed by atoms with van der Waals surface area (Å²) in [4.78, 5) is 15.5. The number of hydrogen-bond donors (Lipinski definition) is 4. The Labute approximate surface area is 126 Å². The van der Waals surface area contributed by atoms with Crippen LogP contribution in [0, 0.1) is 0 Å². The highest BCUT2D eigenvalue weighted by atomic mass is 16.4. The molecule has 0 aliphatic heterocycles. The minimum Gasteiger partial charge on any atom is -0.508 e. The molecule has 1 atom stereocenters. The molecule has 0 amide bonds. The summed E-state index contributed by atoms with van der Waals surface area (Å²) in [6.45, 7) is 1.52. The number of hydrogen-bond acceptors (Lipinski definition) is 5. The van der Waals surface area contributed by atoms with Crippen LogP contribution in [0.1, 0.15) is 24.1 Å².